The molecule has 0 aromatic heterocycles. The highest BCUT2D eigenvalue weighted by Gasteiger charge is 2.35. The monoisotopic (exact) mass is 286 g/mol. The normalized spacial score (nSPS) is 25.3. The number of hydrogen-bond acceptors (Lipinski definition) is 6. The van der Waals surface area contributed by atoms with Crippen molar-refractivity contribution in [3.8, 4) is 0 Å². The van der Waals surface area contributed by atoms with Crippen LogP contribution in [-0.4, -0.2) is 42.1 Å². The average Bonchev–Trinajstić information content (AvgIpc) is 2.60. The third-order valence-electron chi connectivity index (χ3n) is 3.04. The zero-order valence-electron chi connectivity index (χ0n) is 10.0. The van der Waals surface area contributed by atoms with E-state index in [0.717, 1.165) is 5.56 Å². The molecule has 8 heteroatoms. The highest BCUT2D eigenvalue weighted by molar-refractivity contribution is 7.91. The van der Waals surface area contributed by atoms with E-state index in [2.05, 4.69) is 5.32 Å². The summed E-state index contributed by atoms with van der Waals surface area (Å²) in [4.78, 5) is 10.0. The van der Waals surface area contributed by atoms with Crippen molar-refractivity contribution < 1.29 is 18.4 Å². The number of benzene rings is 1. The molecule has 2 N–H and O–H groups in total. The van der Waals surface area contributed by atoms with E-state index in [-0.39, 0.29) is 17.2 Å². The van der Waals surface area contributed by atoms with Crippen molar-refractivity contribution >= 4 is 15.5 Å². The van der Waals surface area contributed by atoms with Crippen molar-refractivity contribution in [2.45, 2.75) is 18.7 Å². The van der Waals surface area contributed by atoms with E-state index in [1.165, 1.54) is 12.1 Å². The van der Waals surface area contributed by atoms with Crippen LogP contribution in [0.4, 0.5) is 5.69 Å². The molecule has 1 aliphatic heterocycles. The van der Waals surface area contributed by atoms with E-state index < -0.39 is 26.9 Å². The molecule has 0 unspecified atom stereocenters. The first-order valence-corrected chi connectivity index (χ1v) is 7.55. The summed E-state index contributed by atoms with van der Waals surface area (Å²) in [6, 6.07) is 5.49. The largest absolute Gasteiger partial charge is 0.390 e. The van der Waals surface area contributed by atoms with Gasteiger partial charge in [-0.25, -0.2) is 8.42 Å². The maximum atomic E-state index is 11.3. The van der Waals surface area contributed by atoms with Gasteiger partial charge in [0, 0.05) is 24.7 Å². The van der Waals surface area contributed by atoms with Crippen LogP contribution in [0.25, 0.3) is 0 Å². The van der Waals surface area contributed by atoms with Crippen LogP contribution in [-0.2, 0) is 16.4 Å². The molecule has 1 fully saturated rings. The van der Waals surface area contributed by atoms with Crippen LogP contribution in [0.3, 0.4) is 0 Å². The molecule has 7 nitrogen and oxygen atoms in total. The minimum absolute atomic E-state index is 0.00669. The van der Waals surface area contributed by atoms with Crippen LogP contribution in [0.15, 0.2) is 24.3 Å². The quantitative estimate of drug-likeness (QED) is 0.588. The van der Waals surface area contributed by atoms with E-state index >= 15 is 0 Å². The summed E-state index contributed by atoms with van der Waals surface area (Å²) < 4.78 is 22.6. The van der Waals surface area contributed by atoms with Crippen LogP contribution in [0.5, 0.6) is 0 Å². The Morgan fingerprint density at radius 3 is 2.42 bits per heavy atom. The molecule has 1 heterocycles. The number of hydrogen-bond donors (Lipinski definition) is 2. The molecule has 0 radical (unpaired) electrons. The van der Waals surface area contributed by atoms with Crippen LogP contribution in [0, 0.1) is 10.1 Å². The number of aliphatic hydroxyl groups is 1. The number of aliphatic hydroxyl groups excluding tert-OH is 1. The van der Waals surface area contributed by atoms with Gasteiger partial charge in [0.1, 0.15) is 0 Å². The molecule has 1 aliphatic rings. The molecule has 0 amide bonds. The van der Waals surface area contributed by atoms with Gasteiger partial charge in [-0.15, -0.1) is 0 Å². The number of nitrogens with zero attached hydrogens (tertiary/aromatic N) is 1. The summed E-state index contributed by atoms with van der Waals surface area (Å²) in [6.07, 6.45) is -0.900. The Morgan fingerprint density at radius 2 is 1.95 bits per heavy atom. The number of nitro groups is 1. The summed E-state index contributed by atoms with van der Waals surface area (Å²) >= 11 is 0. The Morgan fingerprint density at radius 1 is 1.32 bits per heavy atom. The fraction of sp³-hybridized carbons (Fsp3) is 0.455. The first-order chi connectivity index (χ1) is 8.87. The Kier molecular flexibility index (Phi) is 3.83. The summed E-state index contributed by atoms with van der Waals surface area (Å²) in [6.45, 7) is 0.356. The van der Waals surface area contributed by atoms with Crippen molar-refractivity contribution in [3.05, 3.63) is 39.9 Å². The molecule has 2 atom stereocenters. The third-order valence-corrected chi connectivity index (χ3v) is 4.75. The highest BCUT2D eigenvalue weighted by atomic mass is 32.2. The van der Waals surface area contributed by atoms with Crippen molar-refractivity contribution in [1.82, 2.24) is 5.32 Å². The first-order valence-electron chi connectivity index (χ1n) is 5.72. The number of nitrogens with one attached hydrogen (secondary N) is 1. The van der Waals surface area contributed by atoms with E-state index in [0.29, 0.717) is 6.54 Å². The lowest BCUT2D eigenvalue weighted by molar-refractivity contribution is -0.384. The van der Waals surface area contributed by atoms with E-state index in [4.69, 9.17) is 0 Å². The molecule has 19 heavy (non-hydrogen) atoms. The molecule has 1 saturated heterocycles. The average molecular weight is 286 g/mol. The van der Waals surface area contributed by atoms with Gasteiger partial charge >= 0.3 is 0 Å². The molecule has 0 aliphatic carbocycles. The van der Waals surface area contributed by atoms with E-state index in [1.807, 2.05) is 0 Å². The Bertz CT molecular complexity index is 569. The van der Waals surface area contributed by atoms with Gasteiger partial charge in [-0.2, -0.15) is 0 Å². The minimum Gasteiger partial charge on any atom is -0.390 e. The summed E-state index contributed by atoms with van der Waals surface area (Å²) in [5.41, 5.74) is 0.800. The molecule has 0 spiro atoms. The zero-order valence-corrected chi connectivity index (χ0v) is 10.8. The maximum Gasteiger partial charge on any atom is 0.269 e. The van der Waals surface area contributed by atoms with Crippen molar-refractivity contribution in [2.75, 3.05) is 11.5 Å². The minimum atomic E-state index is -3.17. The number of rotatable bonds is 4. The molecule has 0 saturated carbocycles. The second-order valence-electron chi connectivity index (χ2n) is 4.56. The van der Waals surface area contributed by atoms with Gasteiger partial charge in [0.2, 0.25) is 0 Å². The Hall–Kier alpha value is -1.51. The predicted molar refractivity (Wildman–Crippen MR) is 68.4 cm³/mol. The van der Waals surface area contributed by atoms with Gasteiger partial charge in [0.05, 0.1) is 22.5 Å². The van der Waals surface area contributed by atoms with Crippen LogP contribution >= 0.6 is 0 Å². The molecule has 1 aromatic carbocycles. The van der Waals surface area contributed by atoms with E-state index in [9.17, 15) is 23.6 Å². The summed E-state index contributed by atoms with van der Waals surface area (Å²) in [5.74, 6) is -0.300. The second-order valence-corrected chi connectivity index (χ2v) is 6.71. The maximum absolute atomic E-state index is 11.3. The van der Waals surface area contributed by atoms with Crippen molar-refractivity contribution in [1.29, 1.82) is 0 Å². The molecule has 1 aromatic rings. The van der Waals surface area contributed by atoms with Crippen LogP contribution in [0.2, 0.25) is 0 Å². The molecule has 104 valence electrons. The number of sulfone groups is 1. The predicted octanol–water partition coefficient (Wildman–Crippen LogP) is -0.158. The fourth-order valence-corrected chi connectivity index (χ4v) is 3.78. The number of non-ortho nitro benzene ring substituents is 1. The molecular formula is C11H14N2O5S. The first kappa shape index (κ1) is 13.9. The van der Waals surface area contributed by atoms with Gasteiger partial charge in [-0.05, 0) is 5.56 Å². The highest BCUT2D eigenvalue weighted by Crippen LogP contribution is 2.15. The number of nitro benzene ring substituents is 1. The Balaban J connectivity index is 1.94. The lowest BCUT2D eigenvalue weighted by Crippen LogP contribution is -2.38. The lowest BCUT2D eigenvalue weighted by Gasteiger charge is -2.14. The Labute approximate surface area is 110 Å². The SMILES string of the molecule is O=[N+]([O-])c1ccc(CN[C@H]2CS(=O)(=O)C[C@H]2O)cc1. The molecule has 2 rings (SSSR count). The zero-order chi connectivity index (χ0) is 14.0. The smallest absolute Gasteiger partial charge is 0.269 e. The fourth-order valence-electron chi connectivity index (χ4n) is 2.01. The third kappa shape index (κ3) is 3.49. The van der Waals surface area contributed by atoms with Gasteiger partial charge in [0.25, 0.3) is 5.69 Å². The topological polar surface area (TPSA) is 110 Å². The molecule has 0 bridgehead atoms. The summed E-state index contributed by atoms with van der Waals surface area (Å²) in [7, 11) is -3.17. The van der Waals surface area contributed by atoms with Crippen LogP contribution in [0.1, 0.15) is 5.56 Å². The van der Waals surface area contributed by atoms with Gasteiger partial charge in [0.15, 0.2) is 9.84 Å². The van der Waals surface area contributed by atoms with Crippen molar-refractivity contribution in [2.24, 2.45) is 0 Å². The second kappa shape index (κ2) is 5.24. The van der Waals surface area contributed by atoms with Crippen LogP contribution < -0.4 is 5.32 Å². The molecular weight excluding hydrogens is 272 g/mol. The van der Waals surface area contributed by atoms with Gasteiger partial charge < -0.3 is 10.4 Å². The lowest BCUT2D eigenvalue weighted by atomic mass is 10.1. The van der Waals surface area contributed by atoms with Crippen molar-refractivity contribution in [3.63, 3.8) is 0 Å². The standard InChI is InChI=1S/C11H14N2O5S/c14-11-7-19(17,18)6-10(11)12-5-8-1-3-9(4-2-8)13(15)16/h1-4,10-12,14H,5-7H2/t10-,11+/m0/s1. The van der Waals surface area contributed by atoms with Gasteiger partial charge in [-0.3, -0.25) is 10.1 Å². The summed E-state index contributed by atoms with van der Waals surface area (Å²) in [5, 5.41) is 23.0. The van der Waals surface area contributed by atoms with Gasteiger partial charge in [-0.1, -0.05) is 12.1 Å². The van der Waals surface area contributed by atoms with E-state index in [1.54, 1.807) is 12.1 Å².